The molecule has 108 valence electrons. The smallest absolute Gasteiger partial charge is 0.161 e. The first-order valence-electron chi connectivity index (χ1n) is 6.52. The molecule has 0 saturated carbocycles. The molecular formula is C15H14ClFN4. The summed E-state index contributed by atoms with van der Waals surface area (Å²) in [4.78, 5) is 4.23. The number of benzene rings is 1. The fraction of sp³-hybridized carbons (Fsp3) is 0.200. The first kappa shape index (κ1) is 13.8. The number of fused-ring (bicyclic) bond motifs is 1. The molecule has 0 unspecified atom stereocenters. The highest BCUT2D eigenvalue weighted by atomic mass is 35.5. The summed E-state index contributed by atoms with van der Waals surface area (Å²) in [6.45, 7) is 2.23. The fourth-order valence-corrected chi connectivity index (χ4v) is 2.41. The van der Waals surface area contributed by atoms with Crippen molar-refractivity contribution < 1.29 is 4.39 Å². The van der Waals surface area contributed by atoms with Gasteiger partial charge in [0.25, 0.3) is 0 Å². The summed E-state index contributed by atoms with van der Waals surface area (Å²) < 4.78 is 15.5. The van der Waals surface area contributed by atoms with Gasteiger partial charge in [-0.25, -0.2) is 9.37 Å². The molecule has 21 heavy (non-hydrogen) atoms. The molecule has 3 aromatic rings. The maximum Gasteiger partial charge on any atom is 0.161 e. The number of hydrogen-bond donors (Lipinski definition) is 1. The van der Waals surface area contributed by atoms with E-state index in [2.05, 4.69) is 15.4 Å². The minimum atomic E-state index is -0.218. The molecule has 4 nitrogen and oxygen atoms in total. The van der Waals surface area contributed by atoms with Crippen molar-refractivity contribution in [1.82, 2.24) is 14.8 Å². The van der Waals surface area contributed by atoms with Crippen LogP contribution in [0.25, 0.3) is 11.0 Å². The van der Waals surface area contributed by atoms with Crippen molar-refractivity contribution in [2.24, 2.45) is 7.05 Å². The second-order valence-corrected chi connectivity index (χ2v) is 5.33. The standard InChI is InChI=1S/C15H14ClFN4/c1-9-3-4-10(12(17)5-9)7-18-13-6-14(16)20-15-11(13)8-19-21(15)2/h3-6,8H,7H2,1-2H3,(H,18,20). The van der Waals surface area contributed by atoms with E-state index in [1.807, 2.05) is 13.0 Å². The lowest BCUT2D eigenvalue weighted by Gasteiger charge is -2.09. The molecule has 2 aromatic heterocycles. The summed E-state index contributed by atoms with van der Waals surface area (Å²) >= 11 is 6.02. The van der Waals surface area contributed by atoms with Gasteiger partial charge in [-0.15, -0.1) is 0 Å². The van der Waals surface area contributed by atoms with E-state index < -0.39 is 0 Å². The first-order chi connectivity index (χ1) is 10.0. The molecule has 1 N–H and O–H groups in total. The minimum absolute atomic E-state index is 0.218. The average molecular weight is 305 g/mol. The number of aromatic nitrogens is 3. The highest BCUT2D eigenvalue weighted by Gasteiger charge is 2.09. The molecule has 0 amide bonds. The number of hydrogen-bond acceptors (Lipinski definition) is 3. The average Bonchev–Trinajstić information content (AvgIpc) is 2.79. The van der Waals surface area contributed by atoms with Crippen LogP contribution in [0.5, 0.6) is 0 Å². The quantitative estimate of drug-likeness (QED) is 0.751. The Bertz CT molecular complexity index is 813. The Kier molecular flexibility index (Phi) is 3.51. The van der Waals surface area contributed by atoms with Gasteiger partial charge in [-0.3, -0.25) is 4.68 Å². The Morgan fingerprint density at radius 3 is 2.90 bits per heavy atom. The molecule has 1 aromatic carbocycles. The van der Waals surface area contributed by atoms with Gasteiger partial charge in [0.1, 0.15) is 11.0 Å². The van der Waals surface area contributed by atoms with E-state index in [1.165, 1.54) is 6.07 Å². The van der Waals surface area contributed by atoms with Gasteiger partial charge < -0.3 is 5.32 Å². The van der Waals surface area contributed by atoms with Gasteiger partial charge in [0.2, 0.25) is 0 Å². The third-order valence-electron chi connectivity index (χ3n) is 3.35. The van der Waals surface area contributed by atoms with Crippen LogP contribution in [0.4, 0.5) is 10.1 Å². The largest absolute Gasteiger partial charge is 0.380 e. The number of aryl methyl sites for hydroxylation is 2. The Hall–Kier alpha value is -2.14. The van der Waals surface area contributed by atoms with E-state index in [0.29, 0.717) is 22.9 Å². The molecule has 0 aliphatic carbocycles. The van der Waals surface area contributed by atoms with Crippen LogP contribution in [0.2, 0.25) is 5.15 Å². The zero-order valence-corrected chi connectivity index (χ0v) is 12.4. The molecule has 2 heterocycles. The fourth-order valence-electron chi connectivity index (χ4n) is 2.22. The van der Waals surface area contributed by atoms with E-state index in [-0.39, 0.29) is 5.82 Å². The van der Waals surface area contributed by atoms with Crippen molar-refractivity contribution in [3.8, 4) is 0 Å². The highest BCUT2D eigenvalue weighted by Crippen LogP contribution is 2.25. The summed E-state index contributed by atoms with van der Waals surface area (Å²) in [5, 5.41) is 8.59. The van der Waals surface area contributed by atoms with Crippen molar-refractivity contribution in [1.29, 1.82) is 0 Å². The van der Waals surface area contributed by atoms with Crippen molar-refractivity contribution in [2.75, 3.05) is 5.32 Å². The Labute approximate surface area is 126 Å². The maximum atomic E-state index is 13.9. The second kappa shape index (κ2) is 5.33. The van der Waals surface area contributed by atoms with Crippen LogP contribution in [0, 0.1) is 12.7 Å². The summed E-state index contributed by atoms with van der Waals surface area (Å²) in [5.74, 6) is -0.218. The molecule has 0 bridgehead atoms. The number of nitrogens with one attached hydrogen (secondary N) is 1. The van der Waals surface area contributed by atoms with E-state index >= 15 is 0 Å². The van der Waals surface area contributed by atoms with Crippen LogP contribution in [0.1, 0.15) is 11.1 Å². The van der Waals surface area contributed by atoms with Gasteiger partial charge in [-0.05, 0) is 24.6 Å². The van der Waals surface area contributed by atoms with Crippen molar-refractivity contribution in [3.63, 3.8) is 0 Å². The summed E-state index contributed by atoms with van der Waals surface area (Å²) in [5.41, 5.74) is 2.98. The van der Waals surface area contributed by atoms with E-state index in [1.54, 1.807) is 30.1 Å². The molecule has 6 heteroatoms. The maximum absolute atomic E-state index is 13.9. The second-order valence-electron chi connectivity index (χ2n) is 4.95. The Morgan fingerprint density at radius 2 is 2.14 bits per heavy atom. The zero-order chi connectivity index (χ0) is 15.0. The number of pyridine rings is 1. The number of rotatable bonds is 3. The summed E-state index contributed by atoms with van der Waals surface area (Å²) in [6, 6.07) is 6.91. The molecule has 0 atom stereocenters. The van der Waals surface area contributed by atoms with Crippen LogP contribution in [0.15, 0.2) is 30.5 Å². The van der Waals surface area contributed by atoms with Crippen molar-refractivity contribution in [2.45, 2.75) is 13.5 Å². The molecule has 0 spiro atoms. The SMILES string of the molecule is Cc1ccc(CNc2cc(Cl)nc3c2cnn3C)c(F)c1. The monoisotopic (exact) mass is 304 g/mol. The van der Waals surface area contributed by atoms with Gasteiger partial charge in [0, 0.05) is 19.2 Å². The Morgan fingerprint density at radius 1 is 1.33 bits per heavy atom. The summed E-state index contributed by atoms with van der Waals surface area (Å²) in [6.07, 6.45) is 1.71. The lowest BCUT2D eigenvalue weighted by atomic mass is 10.1. The topological polar surface area (TPSA) is 42.7 Å². The molecular weight excluding hydrogens is 291 g/mol. The van der Waals surface area contributed by atoms with Gasteiger partial charge in [-0.2, -0.15) is 5.10 Å². The lowest BCUT2D eigenvalue weighted by molar-refractivity contribution is 0.612. The normalized spacial score (nSPS) is 11.0. The predicted octanol–water partition coefficient (Wildman–Crippen LogP) is 3.68. The summed E-state index contributed by atoms with van der Waals surface area (Å²) in [7, 11) is 1.80. The van der Waals surface area contributed by atoms with Crippen molar-refractivity contribution >= 4 is 28.3 Å². The minimum Gasteiger partial charge on any atom is -0.380 e. The molecule has 0 radical (unpaired) electrons. The van der Waals surface area contributed by atoms with Crippen molar-refractivity contribution in [3.05, 3.63) is 52.6 Å². The molecule has 0 saturated heterocycles. The number of halogens is 2. The van der Waals surface area contributed by atoms with Gasteiger partial charge >= 0.3 is 0 Å². The molecule has 3 rings (SSSR count). The van der Waals surface area contributed by atoms with Crippen LogP contribution in [-0.2, 0) is 13.6 Å². The van der Waals surface area contributed by atoms with Gasteiger partial charge in [0.15, 0.2) is 5.65 Å². The first-order valence-corrected chi connectivity index (χ1v) is 6.89. The van der Waals surface area contributed by atoms with Crippen LogP contribution < -0.4 is 5.32 Å². The van der Waals surface area contributed by atoms with Crippen LogP contribution in [-0.4, -0.2) is 14.8 Å². The zero-order valence-electron chi connectivity index (χ0n) is 11.7. The molecule has 0 aliphatic rings. The molecule has 0 aliphatic heterocycles. The van der Waals surface area contributed by atoms with E-state index in [4.69, 9.17) is 11.6 Å². The predicted molar refractivity (Wildman–Crippen MR) is 82.0 cm³/mol. The van der Waals surface area contributed by atoms with Crippen LogP contribution in [0.3, 0.4) is 0 Å². The lowest BCUT2D eigenvalue weighted by Crippen LogP contribution is -2.03. The van der Waals surface area contributed by atoms with E-state index in [9.17, 15) is 4.39 Å². The third kappa shape index (κ3) is 2.69. The van der Waals surface area contributed by atoms with Gasteiger partial charge in [0.05, 0.1) is 17.3 Å². The van der Waals surface area contributed by atoms with Crippen LogP contribution >= 0.6 is 11.6 Å². The van der Waals surface area contributed by atoms with E-state index in [0.717, 1.165) is 16.6 Å². The Balaban J connectivity index is 1.91. The third-order valence-corrected chi connectivity index (χ3v) is 3.55. The number of anilines is 1. The van der Waals surface area contributed by atoms with Gasteiger partial charge in [-0.1, -0.05) is 23.7 Å². The number of nitrogens with zero attached hydrogens (tertiary/aromatic N) is 3. The highest BCUT2D eigenvalue weighted by molar-refractivity contribution is 6.30. The molecule has 0 fully saturated rings.